The average Bonchev–Trinajstić information content (AvgIpc) is 2.78. The second-order valence-electron chi connectivity index (χ2n) is 4.31. The van der Waals surface area contributed by atoms with Gasteiger partial charge in [-0.1, -0.05) is 6.92 Å². The van der Waals surface area contributed by atoms with Gasteiger partial charge in [0.2, 0.25) is 0 Å². The number of hydrogen-bond acceptors (Lipinski definition) is 3. The summed E-state index contributed by atoms with van der Waals surface area (Å²) in [6, 6.07) is 1.22. The Balaban J connectivity index is 2.98. The van der Waals surface area contributed by atoms with Crippen LogP contribution >= 0.6 is 23.2 Å². The molecule has 106 valence electrons. The summed E-state index contributed by atoms with van der Waals surface area (Å²) in [5, 5.41) is 13.4. The predicted molar refractivity (Wildman–Crippen MR) is 74.0 cm³/mol. The number of aryl methyl sites for hydroxylation is 1. The van der Waals surface area contributed by atoms with E-state index >= 15 is 0 Å². The topological polar surface area (TPSA) is 77.2 Å². The van der Waals surface area contributed by atoms with Crippen molar-refractivity contribution >= 4 is 34.8 Å². The molecule has 0 atom stereocenters. The average molecular weight is 308 g/mol. The minimum absolute atomic E-state index is 0.133. The Morgan fingerprint density at radius 3 is 2.47 bits per heavy atom. The van der Waals surface area contributed by atoms with Crippen LogP contribution in [0, 0.1) is 10.1 Å². The van der Waals surface area contributed by atoms with Crippen molar-refractivity contribution in [3.05, 3.63) is 28.1 Å². The summed E-state index contributed by atoms with van der Waals surface area (Å²) in [7, 11) is 1.57. The highest BCUT2D eigenvalue weighted by Gasteiger charge is 2.30. The summed E-state index contributed by atoms with van der Waals surface area (Å²) in [5.41, 5.74) is -0.648. The Kier molecular flexibility index (Phi) is 5.20. The third-order valence-electron chi connectivity index (χ3n) is 3.00. The normalized spacial score (nSPS) is 11.4. The summed E-state index contributed by atoms with van der Waals surface area (Å²) in [6.07, 6.45) is 1.85. The van der Waals surface area contributed by atoms with Crippen LogP contribution in [0.1, 0.15) is 23.8 Å². The van der Waals surface area contributed by atoms with E-state index in [2.05, 4.69) is 5.32 Å². The minimum atomic E-state index is -0.709. The van der Waals surface area contributed by atoms with Crippen LogP contribution in [0.5, 0.6) is 0 Å². The van der Waals surface area contributed by atoms with E-state index < -0.39 is 16.4 Å². The first kappa shape index (κ1) is 15.8. The maximum Gasteiger partial charge on any atom is 0.287 e. The molecule has 1 amide bonds. The van der Waals surface area contributed by atoms with E-state index in [1.54, 1.807) is 7.05 Å². The predicted octanol–water partition coefficient (Wildman–Crippen LogP) is 2.29. The number of nitrogens with zero attached hydrogens (tertiary/aromatic N) is 2. The number of halogens is 2. The Morgan fingerprint density at radius 2 is 2.11 bits per heavy atom. The molecule has 6 nitrogen and oxygen atoms in total. The van der Waals surface area contributed by atoms with Crippen LogP contribution in [0.4, 0.5) is 5.69 Å². The van der Waals surface area contributed by atoms with E-state index in [0.717, 1.165) is 0 Å². The van der Waals surface area contributed by atoms with Crippen molar-refractivity contribution in [3.63, 3.8) is 0 Å². The molecule has 0 aliphatic carbocycles. The summed E-state index contributed by atoms with van der Waals surface area (Å²) in [4.78, 5) is 22.2. The molecule has 1 N–H and O–H groups in total. The van der Waals surface area contributed by atoms with Crippen molar-refractivity contribution in [2.75, 3.05) is 11.8 Å². The van der Waals surface area contributed by atoms with Gasteiger partial charge in [-0.25, -0.2) is 0 Å². The minimum Gasteiger partial charge on any atom is -0.343 e. The summed E-state index contributed by atoms with van der Waals surface area (Å²) in [5.74, 6) is -0.0880. The van der Waals surface area contributed by atoms with Crippen molar-refractivity contribution < 1.29 is 9.72 Å². The summed E-state index contributed by atoms with van der Waals surface area (Å²) >= 11 is 11.7. The zero-order chi connectivity index (χ0) is 14.6. The molecule has 1 aromatic rings. The van der Waals surface area contributed by atoms with Crippen LogP contribution < -0.4 is 5.32 Å². The van der Waals surface area contributed by atoms with Crippen molar-refractivity contribution in [3.8, 4) is 0 Å². The third-order valence-corrected chi connectivity index (χ3v) is 4.02. The van der Waals surface area contributed by atoms with Crippen LogP contribution in [0.2, 0.25) is 0 Å². The quantitative estimate of drug-likeness (QED) is 0.497. The van der Waals surface area contributed by atoms with E-state index in [-0.39, 0.29) is 23.1 Å². The molecule has 0 aliphatic heterocycles. The Morgan fingerprint density at radius 1 is 1.53 bits per heavy atom. The number of hydrogen-bond donors (Lipinski definition) is 1. The van der Waals surface area contributed by atoms with Gasteiger partial charge in [-0.15, -0.1) is 23.2 Å². The molecule has 0 aromatic carbocycles. The fourth-order valence-electron chi connectivity index (χ4n) is 1.56. The van der Waals surface area contributed by atoms with Crippen LogP contribution in [-0.2, 0) is 7.05 Å². The number of amides is 1. The molecule has 0 unspecified atom stereocenters. The highest BCUT2D eigenvalue weighted by Crippen LogP contribution is 2.19. The zero-order valence-electron chi connectivity index (χ0n) is 10.7. The molecule has 0 spiro atoms. The molecular formula is C11H15Cl2N3O3. The van der Waals surface area contributed by atoms with Crippen LogP contribution in [0.25, 0.3) is 0 Å². The zero-order valence-corrected chi connectivity index (χ0v) is 12.2. The van der Waals surface area contributed by atoms with Crippen LogP contribution in [-0.4, -0.2) is 32.7 Å². The van der Waals surface area contributed by atoms with E-state index in [9.17, 15) is 14.9 Å². The smallest absolute Gasteiger partial charge is 0.287 e. The first-order valence-corrected chi connectivity index (χ1v) is 6.71. The molecule has 0 bridgehead atoms. The number of rotatable bonds is 6. The molecule has 1 rings (SSSR count). The largest absolute Gasteiger partial charge is 0.343 e. The maximum atomic E-state index is 12.1. The second kappa shape index (κ2) is 6.25. The summed E-state index contributed by atoms with van der Waals surface area (Å²) < 4.78 is 1.40. The number of aromatic nitrogens is 1. The molecule has 0 saturated carbocycles. The molecule has 19 heavy (non-hydrogen) atoms. The number of nitrogens with one attached hydrogen (secondary N) is 1. The highest BCUT2D eigenvalue weighted by molar-refractivity contribution is 6.22. The van der Waals surface area contributed by atoms with Crippen LogP contribution in [0.3, 0.4) is 0 Å². The van der Waals surface area contributed by atoms with E-state index in [0.29, 0.717) is 6.42 Å². The molecule has 1 heterocycles. The van der Waals surface area contributed by atoms with Crippen molar-refractivity contribution in [1.29, 1.82) is 0 Å². The number of nitro groups is 1. The van der Waals surface area contributed by atoms with Gasteiger partial charge < -0.3 is 9.88 Å². The van der Waals surface area contributed by atoms with Gasteiger partial charge in [-0.05, 0) is 6.42 Å². The van der Waals surface area contributed by atoms with Crippen molar-refractivity contribution in [2.24, 2.45) is 7.05 Å². The fraction of sp³-hybridized carbons (Fsp3) is 0.545. The van der Waals surface area contributed by atoms with Gasteiger partial charge >= 0.3 is 0 Å². The Hall–Kier alpha value is -1.27. The van der Waals surface area contributed by atoms with E-state index in [4.69, 9.17) is 23.2 Å². The first-order chi connectivity index (χ1) is 8.89. The van der Waals surface area contributed by atoms with Gasteiger partial charge in [0.05, 0.1) is 16.7 Å². The lowest BCUT2D eigenvalue weighted by Gasteiger charge is -2.29. The molecule has 0 fully saturated rings. The van der Waals surface area contributed by atoms with Gasteiger partial charge in [0.15, 0.2) is 0 Å². The SMILES string of the molecule is CCC(CCl)(CCl)NC(=O)c1cc([N+](=O)[O-])cn1C. The molecule has 0 aliphatic rings. The van der Waals surface area contributed by atoms with Gasteiger partial charge in [0.1, 0.15) is 5.69 Å². The number of carbonyl (C=O) groups is 1. The lowest BCUT2D eigenvalue weighted by atomic mass is 10.0. The monoisotopic (exact) mass is 307 g/mol. The number of alkyl halides is 2. The van der Waals surface area contributed by atoms with Crippen molar-refractivity contribution in [1.82, 2.24) is 9.88 Å². The van der Waals surface area contributed by atoms with E-state index in [1.807, 2.05) is 6.92 Å². The van der Waals surface area contributed by atoms with Gasteiger partial charge in [-0.2, -0.15) is 0 Å². The standard InChI is InChI=1S/C11H15Cl2N3O3/c1-3-11(6-12,7-13)14-10(17)9-4-8(16(18)19)5-15(9)2/h4-5H,3,6-7H2,1-2H3,(H,14,17). The lowest BCUT2D eigenvalue weighted by Crippen LogP contribution is -2.51. The van der Waals surface area contributed by atoms with Gasteiger partial charge in [0.25, 0.3) is 11.6 Å². The Labute approximate surface area is 120 Å². The molecule has 8 heteroatoms. The third kappa shape index (κ3) is 3.39. The maximum absolute atomic E-state index is 12.1. The highest BCUT2D eigenvalue weighted by atomic mass is 35.5. The van der Waals surface area contributed by atoms with Crippen molar-refractivity contribution in [2.45, 2.75) is 18.9 Å². The van der Waals surface area contributed by atoms with Crippen LogP contribution in [0.15, 0.2) is 12.3 Å². The van der Waals surface area contributed by atoms with E-state index in [1.165, 1.54) is 16.8 Å². The molecule has 1 aromatic heterocycles. The lowest BCUT2D eigenvalue weighted by molar-refractivity contribution is -0.384. The van der Waals surface area contributed by atoms with Gasteiger partial charge in [-0.3, -0.25) is 14.9 Å². The fourth-order valence-corrected chi connectivity index (χ4v) is 2.35. The molecular weight excluding hydrogens is 293 g/mol. The Bertz CT molecular complexity index is 475. The summed E-state index contributed by atoms with van der Waals surface area (Å²) in [6.45, 7) is 1.86. The molecule has 0 saturated heterocycles. The van der Waals surface area contributed by atoms with Gasteiger partial charge in [0, 0.05) is 24.9 Å². The second-order valence-corrected chi connectivity index (χ2v) is 4.84. The molecule has 0 radical (unpaired) electrons. The first-order valence-electron chi connectivity index (χ1n) is 5.64. The number of carbonyl (C=O) groups excluding carboxylic acids is 1.